The summed E-state index contributed by atoms with van der Waals surface area (Å²) in [6.07, 6.45) is 9.57. The zero-order valence-electron chi connectivity index (χ0n) is 21.3. The van der Waals surface area contributed by atoms with Crippen molar-refractivity contribution in [3.63, 3.8) is 0 Å². The summed E-state index contributed by atoms with van der Waals surface area (Å²) in [5, 5.41) is 0. The summed E-state index contributed by atoms with van der Waals surface area (Å²) < 4.78 is 10.9. The molecule has 1 aromatic carbocycles. The predicted molar refractivity (Wildman–Crippen MR) is 133 cm³/mol. The molecule has 0 aromatic heterocycles. The fourth-order valence-electron chi connectivity index (χ4n) is 3.28. The van der Waals surface area contributed by atoms with Crippen LogP contribution in [0.3, 0.4) is 0 Å². The van der Waals surface area contributed by atoms with E-state index in [4.69, 9.17) is 9.47 Å². The summed E-state index contributed by atoms with van der Waals surface area (Å²) in [7, 11) is 1.76. The van der Waals surface area contributed by atoms with E-state index in [1.807, 2.05) is 19.1 Å². The fourth-order valence-corrected chi connectivity index (χ4v) is 3.28. The zero-order chi connectivity index (χ0) is 23.8. The second-order valence-corrected chi connectivity index (χ2v) is 9.43. The van der Waals surface area contributed by atoms with Crippen molar-refractivity contribution in [2.24, 2.45) is 0 Å². The molecule has 0 heterocycles. The van der Waals surface area contributed by atoms with Gasteiger partial charge in [0.1, 0.15) is 5.75 Å². The summed E-state index contributed by atoms with van der Waals surface area (Å²) in [4.78, 5) is 11.6. The summed E-state index contributed by atoms with van der Waals surface area (Å²) >= 11 is 0. The number of carbonyl (C=O) groups excluding carboxylic acids is 1. The molecular weight excluding hydrogens is 384 g/mol. The molecule has 172 valence electrons. The van der Waals surface area contributed by atoms with Gasteiger partial charge in [-0.05, 0) is 67.2 Å². The highest BCUT2D eigenvalue weighted by molar-refractivity contribution is 5.83. The minimum atomic E-state index is -0.312. The van der Waals surface area contributed by atoms with E-state index in [2.05, 4.69) is 66.7 Å². The van der Waals surface area contributed by atoms with Gasteiger partial charge in [-0.25, -0.2) is 4.79 Å². The first-order chi connectivity index (χ1) is 14.4. The number of benzene rings is 1. The Hall–Kier alpha value is -2.29. The van der Waals surface area contributed by atoms with Crippen molar-refractivity contribution in [3.8, 4) is 5.75 Å². The Bertz CT molecular complexity index is 851. The topological polar surface area (TPSA) is 35.5 Å². The van der Waals surface area contributed by atoms with Gasteiger partial charge in [-0.1, -0.05) is 65.8 Å². The van der Waals surface area contributed by atoms with Crippen molar-refractivity contribution in [1.82, 2.24) is 0 Å². The Balaban J connectivity index is 3.53. The number of ether oxygens (including phenoxy) is 2. The average molecular weight is 427 g/mol. The van der Waals surface area contributed by atoms with Gasteiger partial charge in [0.15, 0.2) is 0 Å². The highest BCUT2D eigenvalue weighted by Crippen LogP contribution is 2.42. The molecule has 0 bridgehead atoms. The molecule has 0 saturated heterocycles. The van der Waals surface area contributed by atoms with E-state index < -0.39 is 0 Å². The van der Waals surface area contributed by atoms with Crippen molar-refractivity contribution in [2.45, 2.75) is 86.0 Å². The molecular formula is C28H42O3. The molecule has 0 unspecified atom stereocenters. The second-order valence-electron chi connectivity index (χ2n) is 9.43. The smallest absolute Gasteiger partial charge is 0.330 e. The van der Waals surface area contributed by atoms with Crippen LogP contribution >= 0.6 is 0 Å². The molecule has 31 heavy (non-hydrogen) atoms. The highest BCUT2D eigenvalue weighted by atomic mass is 16.5. The Morgan fingerprint density at radius 1 is 1.00 bits per heavy atom. The van der Waals surface area contributed by atoms with Crippen LogP contribution < -0.4 is 4.74 Å². The quantitative estimate of drug-likeness (QED) is 0.220. The highest BCUT2D eigenvalue weighted by Gasteiger charge is 2.29. The Kier molecular flexibility index (Phi) is 9.80. The predicted octanol–water partition coefficient (Wildman–Crippen LogP) is 7.54. The molecule has 0 N–H and O–H groups in total. The summed E-state index contributed by atoms with van der Waals surface area (Å²) in [5.74, 6) is 0.636. The summed E-state index contributed by atoms with van der Waals surface area (Å²) in [6.45, 7) is 19.8. The SMILES string of the molecule is CCOC(=O)/C=C(C)/C=C/C=C(/C)c1cc(C(C)(C)CC)cc(C(C)(C)CC)c1OC. The molecule has 1 aromatic rings. The van der Waals surface area contributed by atoms with Gasteiger partial charge in [0.2, 0.25) is 0 Å². The lowest BCUT2D eigenvalue weighted by Gasteiger charge is -2.32. The third-order valence-corrected chi connectivity index (χ3v) is 6.33. The maximum atomic E-state index is 11.6. The molecule has 0 amide bonds. The van der Waals surface area contributed by atoms with Gasteiger partial charge >= 0.3 is 5.97 Å². The van der Waals surface area contributed by atoms with E-state index >= 15 is 0 Å². The lowest BCUT2D eigenvalue weighted by molar-refractivity contribution is -0.137. The standard InChI is InChI=1S/C28H42O3/c1-11-27(6,7)22-18-23(26(30-10)24(19-22)28(8,9)12-2)21(5)16-14-15-20(4)17-25(29)31-13-3/h14-19H,11-13H2,1-10H3/b15-14+,20-17+,21-16-. The van der Waals surface area contributed by atoms with Gasteiger partial charge in [0, 0.05) is 17.2 Å². The number of rotatable bonds is 10. The maximum Gasteiger partial charge on any atom is 0.330 e. The first-order valence-corrected chi connectivity index (χ1v) is 11.4. The Morgan fingerprint density at radius 3 is 2.13 bits per heavy atom. The van der Waals surface area contributed by atoms with Crippen LogP contribution in [0.5, 0.6) is 5.75 Å². The molecule has 0 aliphatic heterocycles. The lowest BCUT2D eigenvalue weighted by Crippen LogP contribution is -2.22. The molecule has 0 fully saturated rings. The first kappa shape index (κ1) is 26.7. The van der Waals surface area contributed by atoms with E-state index in [1.54, 1.807) is 14.0 Å². The zero-order valence-corrected chi connectivity index (χ0v) is 21.3. The molecule has 0 spiro atoms. The molecule has 0 atom stereocenters. The van der Waals surface area contributed by atoms with E-state index in [-0.39, 0.29) is 16.8 Å². The number of carbonyl (C=O) groups is 1. The van der Waals surface area contributed by atoms with Crippen LogP contribution in [0.15, 0.2) is 42.0 Å². The molecule has 0 aliphatic rings. The van der Waals surface area contributed by atoms with Gasteiger partial charge in [-0.15, -0.1) is 0 Å². The second kappa shape index (κ2) is 11.4. The monoisotopic (exact) mass is 426 g/mol. The van der Waals surface area contributed by atoms with E-state index in [0.717, 1.165) is 35.3 Å². The minimum Gasteiger partial charge on any atom is -0.496 e. The van der Waals surface area contributed by atoms with Crippen LogP contribution in [0.4, 0.5) is 0 Å². The van der Waals surface area contributed by atoms with Crippen LogP contribution in [0, 0.1) is 0 Å². The van der Waals surface area contributed by atoms with E-state index in [1.165, 1.54) is 17.2 Å². The molecule has 3 heteroatoms. The number of methoxy groups -OCH3 is 1. The van der Waals surface area contributed by atoms with Crippen LogP contribution in [-0.2, 0) is 20.4 Å². The van der Waals surface area contributed by atoms with Crippen LogP contribution in [-0.4, -0.2) is 19.7 Å². The summed E-state index contributed by atoms with van der Waals surface area (Å²) in [6, 6.07) is 4.61. The van der Waals surface area contributed by atoms with Gasteiger partial charge in [0.25, 0.3) is 0 Å². The molecule has 3 nitrogen and oxygen atoms in total. The van der Waals surface area contributed by atoms with Gasteiger partial charge < -0.3 is 9.47 Å². The summed E-state index contributed by atoms with van der Waals surface area (Å²) in [5.41, 5.74) is 5.76. The molecule has 0 radical (unpaired) electrons. The minimum absolute atomic E-state index is 0.00894. The number of esters is 1. The fraction of sp³-hybridized carbons (Fsp3) is 0.536. The molecule has 0 saturated carbocycles. The normalized spacial score (nSPS) is 13.6. The maximum absolute atomic E-state index is 11.6. The van der Waals surface area contributed by atoms with Gasteiger partial charge in [-0.3, -0.25) is 0 Å². The number of allylic oxidation sites excluding steroid dienone is 5. The lowest BCUT2D eigenvalue weighted by atomic mass is 9.74. The van der Waals surface area contributed by atoms with Crippen LogP contribution in [0.25, 0.3) is 5.57 Å². The number of hydrogen-bond donors (Lipinski definition) is 0. The van der Waals surface area contributed by atoms with Gasteiger partial charge in [0.05, 0.1) is 13.7 Å². The van der Waals surface area contributed by atoms with E-state index in [9.17, 15) is 4.79 Å². The van der Waals surface area contributed by atoms with Gasteiger partial charge in [-0.2, -0.15) is 0 Å². The largest absolute Gasteiger partial charge is 0.496 e. The third-order valence-electron chi connectivity index (χ3n) is 6.33. The Morgan fingerprint density at radius 2 is 1.61 bits per heavy atom. The van der Waals surface area contributed by atoms with Crippen molar-refractivity contribution >= 4 is 11.5 Å². The first-order valence-electron chi connectivity index (χ1n) is 11.4. The van der Waals surface area contributed by atoms with Crippen LogP contribution in [0.2, 0.25) is 0 Å². The van der Waals surface area contributed by atoms with Crippen LogP contribution in [0.1, 0.15) is 91.8 Å². The van der Waals surface area contributed by atoms with Crippen molar-refractivity contribution in [2.75, 3.05) is 13.7 Å². The molecule has 1 rings (SSSR count). The van der Waals surface area contributed by atoms with Crippen molar-refractivity contribution in [3.05, 3.63) is 58.7 Å². The van der Waals surface area contributed by atoms with Crippen molar-refractivity contribution < 1.29 is 14.3 Å². The van der Waals surface area contributed by atoms with E-state index in [0.29, 0.717) is 6.61 Å². The molecule has 0 aliphatic carbocycles. The Labute approximate surface area is 190 Å². The third kappa shape index (κ3) is 7.12. The number of hydrogen-bond acceptors (Lipinski definition) is 3. The van der Waals surface area contributed by atoms with Crippen molar-refractivity contribution in [1.29, 1.82) is 0 Å². The average Bonchev–Trinajstić information content (AvgIpc) is 2.72.